The number of amidine groups is 1. The van der Waals surface area contributed by atoms with Crippen LogP contribution in [-0.2, 0) is 17.9 Å². The number of carbonyl (C=O) groups excluding carboxylic acids is 1. The van der Waals surface area contributed by atoms with Gasteiger partial charge in [0.15, 0.2) is 0 Å². The number of carbonyl (C=O) groups is 1. The molecule has 0 spiro atoms. The minimum Gasteiger partial charge on any atom is -0.324 e. The van der Waals surface area contributed by atoms with E-state index in [2.05, 4.69) is 64.1 Å². The monoisotopic (exact) mass is 382 g/mol. The van der Waals surface area contributed by atoms with Crippen molar-refractivity contribution in [2.45, 2.75) is 19.5 Å². The summed E-state index contributed by atoms with van der Waals surface area (Å²) in [6.07, 6.45) is 6.09. The Balaban J connectivity index is 1.31. The minimum atomic E-state index is -0.0708. The molecule has 0 aromatic heterocycles. The van der Waals surface area contributed by atoms with Crippen LogP contribution in [0.5, 0.6) is 0 Å². The van der Waals surface area contributed by atoms with Crippen molar-refractivity contribution in [1.29, 1.82) is 0 Å². The Hall–Kier alpha value is -3.44. The zero-order valence-electron chi connectivity index (χ0n) is 16.1. The smallest absolute Gasteiger partial charge is 0.248 e. The number of allylic oxidation sites excluding steroid dienone is 1. The molecule has 144 valence electrons. The van der Waals surface area contributed by atoms with Crippen LogP contribution in [0.25, 0.3) is 0 Å². The molecule has 0 saturated heterocycles. The average molecular weight is 382 g/mol. The Bertz CT molecular complexity index is 1060. The molecule has 2 aromatic carbocycles. The maximum absolute atomic E-state index is 11.9. The van der Waals surface area contributed by atoms with Crippen LogP contribution < -0.4 is 10.6 Å². The van der Waals surface area contributed by atoms with Gasteiger partial charge < -0.3 is 15.5 Å². The lowest BCUT2D eigenvalue weighted by molar-refractivity contribution is -0.115. The third-order valence-electron chi connectivity index (χ3n) is 5.40. The summed E-state index contributed by atoms with van der Waals surface area (Å²) in [5.74, 6) is 0.866. The highest BCUT2D eigenvalue weighted by Gasteiger charge is 2.32. The van der Waals surface area contributed by atoms with Crippen LogP contribution in [0.3, 0.4) is 0 Å². The number of nitrogens with zero attached hydrogens (tertiary/aromatic N) is 2. The fourth-order valence-electron chi connectivity index (χ4n) is 3.97. The summed E-state index contributed by atoms with van der Waals surface area (Å²) < 4.78 is 0. The van der Waals surface area contributed by atoms with Gasteiger partial charge in [-0.3, -0.25) is 4.79 Å². The van der Waals surface area contributed by atoms with E-state index >= 15 is 0 Å². The maximum Gasteiger partial charge on any atom is 0.248 e. The number of nitrogens with one attached hydrogen (secondary N) is 2. The molecule has 0 radical (unpaired) electrons. The quantitative estimate of drug-likeness (QED) is 0.835. The van der Waals surface area contributed by atoms with Crippen LogP contribution >= 0.6 is 0 Å². The van der Waals surface area contributed by atoms with Crippen LogP contribution in [-0.4, -0.2) is 23.2 Å². The second-order valence-electron chi connectivity index (χ2n) is 7.37. The summed E-state index contributed by atoms with van der Waals surface area (Å²) in [4.78, 5) is 18.8. The third kappa shape index (κ3) is 3.52. The molecule has 2 N–H and O–H groups in total. The molecule has 29 heavy (non-hydrogen) atoms. The predicted molar refractivity (Wildman–Crippen MR) is 114 cm³/mol. The lowest BCUT2D eigenvalue weighted by Gasteiger charge is -2.27. The summed E-state index contributed by atoms with van der Waals surface area (Å²) in [5.41, 5.74) is 6.65. The normalized spacial score (nSPS) is 17.5. The van der Waals surface area contributed by atoms with Crippen molar-refractivity contribution in [3.63, 3.8) is 0 Å². The number of benzene rings is 2. The number of amides is 1. The van der Waals surface area contributed by atoms with Gasteiger partial charge >= 0.3 is 0 Å². The first-order valence-electron chi connectivity index (χ1n) is 9.90. The maximum atomic E-state index is 11.9. The van der Waals surface area contributed by atoms with Gasteiger partial charge in [-0.15, -0.1) is 0 Å². The van der Waals surface area contributed by atoms with E-state index in [-0.39, 0.29) is 5.91 Å². The topological polar surface area (TPSA) is 56.7 Å². The Morgan fingerprint density at radius 2 is 1.72 bits per heavy atom. The summed E-state index contributed by atoms with van der Waals surface area (Å²) in [7, 11) is 0. The number of aliphatic imine (C=N–C) groups is 1. The van der Waals surface area contributed by atoms with Crippen molar-refractivity contribution in [2.75, 3.05) is 6.54 Å². The molecule has 0 atom stereocenters. The third-order valence-corrected chi connectivity index (χ3v) is 5.40. The summed E-state index contributed by atoms with van der Waals surface area (Å²) in [6.45, 7) is 2.50. The van der Waals surface area contributed by atoms with Crippen molar-refractivity contribution in [3.8, 4) is 0 Å². The van der Waals surface area contributed by atoms with Crippen LogP contribution in [0, 0.1) is 0 Å². The van der Waals surface area contributed by atoms with Crippen molar-refractivity contribution >= 4 is 11.7 Å². The number of rotatable bonds is 5. The van der Waals surface area contributed by atoms with E-state index in [9.17, 15) is 4.79 Å². The average Bonchev–Trinajstić information content (AvgIpc) is 3.09. The van der Waals surface area contributed by atoms with Crippen molar-refractivity contribution in [2.24, 2.45) is 4.99 Å². The molecular weight excluding hydrogens is 360 g/mol. The first-order valence-corrected chi connectivity index (χ1v) is 9.90. The molecule has 0 saturated carbocycles. The van der Waals surface area contributed by atoms with Crippen molar-refractivity contribution in [1.82, 2.24) is 15.5 Å². The molecular formula is C24H22N4O. The van der Waals surface area contributed by atoms with E-state index < -0.39 is 0 Å². The molecule has 3 aliphatic heterocycles. The Kier molecular flexibility index (Phi) is 4.58. The van der Waals surface area contributed by atoms with Gasteiger partial charge in [-0.05, 0) is 17.2 Å². The largest absolute Gasteiger partial charge is 0.324 e. The number of hydrogen-bond acceptors (Lipinski definition) is 4. The van der Waals surface area contributed by atoms with E-state index in [1.54, 1.807) is 6.08 Å². The van der Waals surface area contributed by atoms with Crippen LogP contribution in [0.4, 0.5) is 0 Å². The lowest BCUT2D eigenvalue weighted by Crippen LogP contribution is -2.31. The van der Waals surface area contributed by atoms with Crippen molar-refractivity contribution in [3.05, 3.63) is 107 Å². The second-order valence-corrected chi connectivity index (χ2v) is 7.37. The molecule has 0 fully saturated rings. The van der Waals surface area contributed by atoms with Gasteiger partial charge in [0.1, 0.15) is 5.84 Å². The van der Waals surface area contributed by atoms with Gasteiger partial charge in [-0.25, -0.2) is 4.99 Å². The standard InChI is InChI=1S/C24H22N4O/c29-22-11-10-20-16-26-24(28-13-12-21(27-22)23(20)28)19-8-6-18(7-9-19)15-25-14-17-4-2-1-3-5-17/h1-11,16,25H,12-15H2,(H,27,29). The zero-order chi connectivity index (χ0) is 19.6. The Morgan fingerprint density at radius 3 is 2.52 bits per heavy atom. The van der Waals surface area contributed by atoms with Crippen LogP contribution in [0.1, 0.15) is 23.1 Å². The van der Waals surface area contributed by atoms with Gasteiger partial charge in [-0.2, -0.15) is 0 Å². The van der Waals surface area contributed by atoms with E-state index in [0.717, 1.165) is 54.4 Å². The number of hydrogen-bond donors (Lipinski definition) is 2. The fraction of sp³-hybridized carbons (Fsp3) is 0.167. The predicted octanol–water partition coefficient (Wildman–Crippen LogP) is 3.22. The molecule has 1 amide bonds. The van der Waals surface area contributed by atoms with E-state index in [1.807, 2.05) is 18.3 Å². The molecule has 0 unspecified atom stereocenters. The molecule has 0 bridgehead atoms. The van der Waals surface area contributed by atoms with E-state index in [4.69, 9.17) is 4.99 Å². The minimum absolute atomic E-state index is 0.0708. The Labute approximate surface area is 170 Å². The van der Waals surface area contributed by atoms with Crippen LogP contribution in [0.15, 0.2) is 94.9 Å². The fourth-order valence-corrected chi connectivity index (χ4v) is 3.97. The molecule has 2 aromatic rings. The summed E-state index contributed by atoms with van der Waals surface area (Å²) in [5, 5.41) is 6.48. The second kappa shape index (κ2) is 7.53. The van der Waals surface area contributed by atoms with E-state index in [0.29, 0.717) is 0 Å². The summed E-state index contributed by atoms with van der Waals surface area (Å²) in [6, 6.07) is 19.0. The molecule has 3 aliphatic rings. The van der Waals surface area contributed by atoms with Gasteiger partial charge in [0, 0.05) is 55.2 Å². The first kappa shape index (κ1) is 17.6. The molecule has 5 rings (SSSR count). The summed E-state index contributed by atoms with van der Waals surface area (Å²) >= 11 is 0. The highest BCUT2D eigenvalue weighted by molar-refractivity contribution is 6.02. The SMILES string of the molecule is O=C1C=CC2=CN=C(c3ccc(CNCc4ccccc4)cc3)N3CCC(=C23)N1. The highest BCUT2D eigenvalue weighted by atomic mass is 16.1. The molecule has 3 heterocycles. The van der Waals surface area contributed by atoms with Gasteiger partial charge in [0.05, 0.1) is 5.70 Å². The Morgan fingerprint density at radius 1 is 0.966 bits per heavy atom. The first-order chi connectivity index (χ1) is 14.3. The molecule has 5 heteroatoms. The van der Waals surface area contributed by atoms with E-state index in [1.165, 1.54) is 11.1 Å². The van der Waals surface area contributed by atoms with Gasteiger partial charge in [0.2, 0.25) is 5.91 Å². The van der Waals surface area contributed by atoms with Crippen molar-refractivity contribution < 1.29 is 4.79 Å². The van der Waals surface area contributed by atoms with Gasteiger partial charge in [-0.1, -0.05) is 54.6 Å². The van der Waals surface area contributed by atoms with Gasteiger partial charge in [0.25, 0.3) is 0 Å². The zero-order valence-corrected chi connectivity index (χ0v) is 16.1. The molecule has 5 nitrogen and oxygen atoms in total. The highest BCUT2D eigenvalue weighted by Crippen LogP contribution is 2.34. The van der Waals surface area contributed by atoms with Crippen LogP contribution in [0.2, 0.25) is 0 Å². The molecule has 0 aliphatic carbocycles. The lowest BCUT2D eigenvalue weighted by atomic mass is 10.1.